The Morgan fingerprint density at radius 1 is 1.53 bits per heavy atom. The molecule has 2 heterocycles. The molecule has 15 heavy (non-hydrogen) atoms. The van der Waals surface area contributed by atoms with Crippen LogP contribution in [0.1, 0.15) is 37.5 Å². The lowest BCUT2D eigenvalue weighted by molar-refractivity contribution is 0.0802. The Hall–Kier alpha value is -0.930. The van der Waals surface area contributed by atoms with Gasteiger partial charge in [0.15, 0.2) is 0 Å². The lowest BCUT2D eigenvalue weighted by atomic mass is 10.1. The molecule has 0 bridgehead atoms. The van der Waals surface area contributed by atoms with Gasteiger partial charge in [0.2, 0.25) is 0 Å². The van der Waals surface area contributed by atoms with Crippen molar-refractivity contribution in [3.63, 3.8) is 0 Å². The number of aliphatic hydroxyl groups is 1. The van der Waals surface area contributed by atoms with Crippen LogP contribution in [-0.4, -0.2) is 22.8 Å². The van der Waals surface area contributed by atoms with Crippen LogP contribution in [0.4, 0.5) is 0 Å². The van der Waals surface area contributed by atoms with E-state index in [1.54, 1.807) is 6.20 Å². The Labute approximate surface area is 90.1 Å². The van der Waals surface area contributed by atoms with Crippen molar-refractivity contribution >= 4 is 0 Å². The molecular formula is C12H17NO2. The predicted molar refractivity (Wildman–Crippen MR) is 57.4 cm³/mol. The van der Waals surface area contributed by atoms with Crippen molar-refractivity contribution in [2.75, 3.05) is 6.61 Å². The summed E-state index contributed by atoms with van der Waals surface area (Å²) in [5.41, 5.74) is 0.760. The summed E-state index contributed by atoms with van der Waals surface area (Å²) < 4.78 is 5.51. The van der Waals surface area contributed by atoms with Gasteiger partial charge in [0.05, 0.1) is 17.9 Å². The summed E-state index contributed by atoms with van der Waals surface area (Å²) >= 11 is 0. The second-order valence-corrected chi connectivity index (χ2v) is 3.98. The number of ether oxygens (including phenoxy) is 1. The van der Waals surface area contributed by atoms with Crippen LogP contribution in [0.5, 0.6) is 0 Å². The fourth-order valence-corrected chi connectivity index (χ4v) is 1.94. The van der Waals surface area contributed by atoms with Crippen molar-refractivity contribution in [2.24, 2.45) is 0 Å². The van der Waals surface area contributed by atoms with Gasteiger partial charge in [-0.2, -0.15) is 0 Å². The number of rotatable bonds is 4. The van der Waals surface area contributed by atoms with Crippen LogP contribution in [0, 0.1) is 0 Å². The van der Waals surface area contributed by atoms with Gasteiger partial charge in [-0.3, -0.25) is 4.98 Å². The van der Waals surface area contributed by atoms with E-state index in [9.17, 15) is 5.11 Å². The van der Waals surface area contributed by atoms with Gasteiger partial charge < -0.3 is 9.84 Å². The molecule has 1 fully saturated rings. The first-order chi connectivity index (χ1) is 7.36. The highest BCUT2D eigenvalue weighted by Gasteiger charge is 2.17. The van der Waals surface area contributed by atoms with Crippen LogP contribution in [0.3, 0.4) is 0 Å². The Morgan fingerprint density at radius 3 is 3.13 bits per heavy atom. The largest absolute Gasteiger partial charge is 0.387 e. The van der Waals surface area contributed by atoms with Crippen molar-refractivity contribution in [3.05, 3.63) is 30.1 Å². The van der Waals surface area contributed by atoms with Gasteiger partial charge in [-0.05, 0) is 37.8 Å². The molecule has 0 amide bonds. The highest BCUT2D eigenvalue weighted by atomic mass is 16.5. The average Bonchev–Trinajstić information content (AvgIpc) is 2.80. The van der Waals surface area contributed by atoms with Crippen LogP contribution in [-0.2, 0) is 4.74 Å². The molecule has 2 atom stereocenters. The molecule has 1 saturated heterocycles. The second-order valence-electron chi connectivity index (χ2n) is 3.98. The van der Waals surface area contributed by atoms with Crippen molar-refractivity contribution in [3.8, 4) is 0 Å². The molecule has 3 heteroatoms. The SMILES string of the molecule is OC(CCC1CCCO1)c1ccccn1. The first kappa shape index (κ1) is 10.6. The quantitative estimate of drug-likeness (QED) is 0.821. The number of nitrogens with zero attached hydrogens (tertiary/aromatic N) is 1. The standard InChI is InChI=1S/C12H17NO2/c14-12(11-5-1-2-8-13-11)7-6-10-4-3-9-15-10/h1-2,5,8,10,12,14H,3-4,6-7,9H2. The van der Waals surface area contributed by atoms with Gasteiger partial charge in [-0.1, -0.05) is 6.07 Å². The number of aromatic nitrogens is 1. The van der Waals surface area contributed by atoms with Crippen LogP contribution in [0.25, 0.3) is 0 Å². The molecule has 1 aromatic heterocycles. The summed E-state index contributed by atoms with van der Waals surface area (Å²) in [5, 5.41) is 9.86. The summed E-state index contributed by atoms with van der Waals surface area (Å²) in [4.78, 5) is 4.13. The van der Waals surface area contributed by atoms with Gasteiger partial charge in [-0.15, -0.1) is 0 Å². The minimum Gasteiger partial charge on any atom is -0.387 e. The van der Waals surface area contributed by atoms with Crippen molar-refractivity contribution in [1.29, 1.82) is 0 Å². The van der Waals surface area contributed by atoms with Gasteiger partial charge in [0.25, 0.3) is 0 Å². The molecule has 0 radical (unpaired) electrons. The van der Waals surface area contributed by atoms with Crippen LogP contribution in [0.2, 0.25) is 0 Å². The summed E-state index contributed by atoms with van der Waals surface area (Å²) in [7, 11) is 0. The smallest absolute Gasteiger partial charge is 0.0960 e. The normalized spacial score (nSPS) is 22.9. The van der Waals surface area contributed by atoms with Crippen LogP contribution in [0.15, 0.2) is 24.4 Å². The van der Waals surface area contributed by atoms with Crippen molar-refractivity contribution in [1.82, 2.24) is 4.98 Å². The van der Waals surface area contributed by atoms with E-state index in [4.69, 9.17) is 4.74 Å². The Kier molecular flexibility index (Phi) is 3.69. The van der Waals surface area contributed by atoms with Gasteiger partial charge >= 0.3 is 0 Å². The number of hydrogen-bond acceptors (Lipinski definition) is 3. The third-order valence-corrected chi connectivity index (χ3v) is 2.82. The fraction of sp³-hybridized carbons (Fsp3) is 0.583. The zero-order chi connectivity index (χ0) is 10.5. The zero-order valence-electron chi connectivity index (χ0n) is 8.80. The Morgan fingerprint density at radius 2 is 2.47 bits per heavy atom. The second kappa shape index (κ2) is 5.24. The lowest BCUT2D eigenvalue weighted by Gasteiger charge is -2.13. The predicted octanol–water partition coefficient (Wildman–Crippen LogP) is 2.07. The molecule has 1 aromatic rings. The third-order valence-electron chi connectivity index (χ3n) is 2.82. The van der Waals surface area contributed by atoms with Crippen LogP contribution >= 0.6 is 0 Å². The molecule has 1 N–H and O–H groups in total. The Balaban J connectivity index is 1.79. The molecular weight excluding hydrogens is 190 g/mol. The topological polar surface area (TPSA) is 42.4 Å². The van der Waals surface area contributed by atoms with E-state index in [0.717, 1.165) is 38.0 Å². The summed E-state index contributed by atoms with van der Waals surface area (Å²) in [6.07, 6.45) is 5.57. The molecule has 0 aliphatic carbocycles. The lowest BCUT2D eigenvalue weighted by Crippen LogP contribution is -2.08. The van der Waals surface area contributed by atoms with E-state index in [-0.39, 0.29) is 0 Å². The molecule has 0 aromatic carbocycles. The maximum Gasteiger partial charge on any atom is 0.0960 e. The van der Waals surface area contributed by atoms with Gasteiger partial charge in [0.1, 0.15) is 0 Å². The molecule has 1 aliphatic heterocycles. The van der Waals surface area contributed by atoms with E-state index in [1.165, 1.54) is 0 Å². The number of pyridine rings is 1. The maximum absolute atomic E-state index is 9.86. The minimum atomic E-state index is -0.449. The first-order valence-corrected chi connectivity index (χ1v) is 5.57. The van der Waals surface area contributed by atoms with E-state index < -0.39 is 6.10 Å². The molecule has 0 saturated carbocycles. The summed E-state index contributed by atoms with van der Waals surface area (Å²) in [6, 6.07) is 5.62. The summed E-state index contributed by atoms with van der Waals surface area (Å²) in [5.74, 6) is 0. The monoisotopic (exact) mass is 207 g/mol. The molecule has 3 nitrogen and oxygen atoms in total. The molecule has 82 valence electrons. The first-order valence-electron chi connectivity index (χ1n) is 5.57. The van der Waals surface area contributed by atoms with E-state index in [2.05, 4.69) is 4.98 Å². The molecule has 2 unspecified atom stereocenters. The van der Waals surface area contributed by atoms with Gasteiger partial charge in [0, 0.05) is 12.8 Å². The highest BCUT2D eigenvalue weighted by Crippen LogP contribution is 2.22. The van der Waals surface area contributed by atoms with Crippen molar-refractivity contribution < 1.29 is 9.84 Å². The number of hydrogen-bond donors (Lipinski definition) is 1. The van der Waals surface area contributed by atoms with E-state index in [1.807, 2.05) is 18.2 Å². The zero-order valence-corrected chi connectivity index (χ0v) is 8.80. The highest BCUT2D eigenvalue weighted by molar-refractivity contribution is 5.06. The average molecular weight is 207 g/mol. The molecule has 0 spiro atoms. The minimum absolute atomic E-state index is 0.350. The summed E-state index contributed by atoms with van der Waals surface area (Å²) in [6.45, 7) is 0.879. The fourth-order valence-electron chi connectivity index (χ4n) is 1.94. The molecule has 2 rings (SSSR count). The molecule has 1 aliphatic rings. The number of aliphatic hydroxyl groups excluding tert-OH is 1. The van der Waals surface area contributed by atoms with Crippen molar-refractivity contribution in [2.45, 2.75) is 37.9 Å². The maximum atomic E-state index is 9.86. The van der Waals surface area contributed by atoms with E-state index in [0.29, 0.717) is 6.10 Å². The van der Waals surface area contributed by atoms with Gasteiger partial charge in [-0.25, -0.2) is 0 Å². The van der Waals surface area contributed by atoms with Crippen LogP contribution < -0.4 is 0 Å². The third kappa shape index (κ3) is 3.01. The van der Waals surface area contributed by atoms with E-state index >= 15 is 0 Å². The Bertz CT molecular complexity index is 283.